The minimum absolute atomic E-state index is 0.463. The van der Waals surface area contributed by atoms with E-state index in [1.807, 2.05) is 0 Å². The summed E-state index contributed by atoms with van der Waals surface area (Å²) in [6, 6.07) is 10.2. The normalized spacial score (nSPS) is 17.5. The molecule has 2 heteroatoms. The first-order valence-corrected chi connectivity index (χ1v) is 7.71. The van der Waals surface area contributed by atoms with Crippen molar-refractivity contribution in [2.24, 2.45) is 0 Å². The predicted molar refractivity (Wildman–Crippen MR) is 82.5 cm³/mol. The molecule has 19 heavy (non-hydrogen) atoms. The number of hydrogen-bond donors (Lipinski definition) is 1. The molecule has 2 nitrogen and oxygen atoms in total. The molecule has 0 bridgehead atoms. The van der Waals surface area contributed by atoms with Crippen molar-refractivity contribution in [3.8, 4) is 0 Å². The number of benzene rings is 1. The number of nitrogens with zero attached hydrogens (tertiary/aromatic N) is 1. The summed E-state index contributed by atoms with van der Waals surface area (Å²) in [5.74, 6) is 0. The highest BCUT2D eigenvalue weighted by atomic mass is 15.2. The van der Waals surface area contributed by atoms with Gasteiger partial charge in [-0.25, -0.2) is 0 Å². The van der Waals surface area contributed by atoms with Gasteiger partial charge >= 0.3 is 0 Å². The molecule has 1 aliphatic carbocycles. The summed E-state index contributed by atoms with van der Waals surface area (Å²) in [5, 5.41) is 3.71. The molecule has 0 spiro atoms. The van der Waals surface area contributed by atoms with Gasteiger partial charge in [0, 0.05) is 18.6 Å². The van der Waals surface area contributed by atoms with Crippen LogP contribution in [0.2, 0.25) is 0 Å². The molecule has 0 aromatic heterocycles. The summed E-state index contributed by atoms with van der Waals surface area (Å²) in [5.41, 5.74) is 2.78. The molecule has 1 unspecified atom stereocenters. The number of hydrogen-bond acceptors (Lipinski definition) is 2. The van der Waals surface area contributed by atoms with Crippen molar-refractivity contribution in [1.82, 2.24) is 10.2 Å². The van der Waals surface area contributed by atoms with E-state index in [-0.39, 0.29) is 0 Å². The SMILES string of the molecule is CCCNC(CN(C)C1CCC1)c1cccc(C)c1. The minimum atomic E-state index is 0.463. The molecule has 0 amide bonds. The van der Waals surface area contributed by atoms with Crippen LogP contribution in [0.25, 0.3) is 0 Å². The van der Waals surface area contributed by atoms with E-state index >= 15 is 0 Å². The van der Waals surface area contributed by atoms with Crippen molar-refractivity contribution in [2.75, 3.05) is 20.1 Å². The summed E-state index contributed by atoms with van der Waals surface area (Å²) < 4.78 is 0. The summed E-state index contributed by atoms with van der Waals surface area (Å²) >= 11 is 0. The molecule has 0 heterocycles. The van der Waals surface area contributed by atoms with Crippen LogP contribution in [0, 0.1) is 6.92 Å². The third-order valence-electron chi connectivity index (χ3n) is 4.25. The van der Waals surface area contributed by atoms with Gasteiger partial charge in [0.1, 0.15) is 0 Å². The topological polar surface area (TPSA) is 15.3 Å². The molecular formula is C17H28N2. The van der Waals surface area contributed by atoms with Gasteiger partial charge in [-0.2, -0.15) is 0 Å². The average Bonchev–Trinajstić information content (AvgIpc) is 2.32. The highest BCUT2D eigenvalue weighted by molar-refractivity contribution is 5.25. The van der Waals surface area contributed by atoms with Gasteiger partial charge in [-0.05, 0) is 45.3 Å². The van der Waals surface area contributed by atoms with E-state index in [1.54, 1.807) is 0 Å². The molecular weight excluding hydrogens is 232 g/mol. The minimum Gasteiger partial charge on any atom is -0.309 e. The zero-order chi connectivity index (χ0) is 13.7. The van der Waals surface area contributed by atoms with Crippen molar-refractivity contribution in [2.45, 2.75) is 51.6 Å². The van der Waals surface area contributed by atoms with Crippen LogP contribution in [0.15, 0.2) is 24.3 Å². The van der Waals surface area contributed by atoms with Crippen molar-refractivity contribution in [3.05, 3.63) is 35.4 Å². The first-order chi connectivity index (χ1) is 9.20. The number of likely N-dealkylation sites (N-methyl/N-ethyl adjacent to an activating group) is 1. The summed E-state index contributed by atoms with van der Waals surface area (Å²) in [6.45, 7) is 6.62. The Bertz CT molecular complexity index is 385. The van der Waals surface area contributed by atoms with E-state index in [1.165, 1.54) is 36.8 Å². The maximum absolute atomic E-state index is 3.71. The maximum atomic E-state index is 3.71. The molecule has 0 saturated heterocycles. The van der Waals surface area contributed by atoms with Crippen LogP contribution in [-0.4, -0.2) is 31.1 Å². The third-order valence-corrected chi connectivity index (χ3v) is 4.25. The molecule has 1 fully saturated rings. The van der Waals surface area contributed by atoms with Gasteiger partial charge in [-0.3, -0.25) is 0 Å². The van der Waals surface area contributed by atoms with Crippen LogP contribution in [0.4, 0.5) is 0 Å². The Hall–Kier alpha value is -0.860. The van der Waals surface area contributed by atoms with E-state index in [4.69, 9.17) is 0 Å². The Balaban J connectivity index is 2.01. The predicted octanol–water partition coefficient (Wildman–Crippen LogP) is 3.52. The van der Waals surface area contributed by atoms with Gasteiger partial charge in [0.15, 0.2) is 0 Å². The first kappa shape index (κ1) is 14.5. The fourth-order valence-corrected chi connectivity index (χ4v) is 2.76. The lowest BCUT2D eigenvalue weighted by atomic mass is 9.91. The van der Waals surface area contributed by atoms with Crippen molar-refractivity contribution >= 4 is 0 Å². The standard InChI is InChI=1S/C17H28N2/c1-4-11-18-17(13-19(3)16-9-6-10-16)15-8-5-7-14(2)12-15/h5,7-8,12,16-18H,4,6,9-11,13H2,1-3H3. The van der Waals surface area contributed by atoms with Gasteiger partial charge in [0.2, 0.25) is 0 Å². The quantitative estimate of drug-likeness (QED) is 0.807. The smallest absolute Gasteiger partial charge is 0.0449 e. The molecule has 1 aromatic carbocycles. The Labute approximate surface area is 118 Å². The van der Waals surface area contributed by atoms with Gasteiger partial charge in [0.05, 0.1) is 0 Å². The zero-order valence-electron chi connectivity index (χ0n) is 12.7. The Morgan fingerprint density at radius 2 is 2.16 bits per heavy atom. The summed E-state index contributed by atoms with van der Waals surface area (Å²) in [4.78, 5) is 2.54. The lowest BCUT2D eigenvalue weighted by molar-refractivity contribution is 0.145. The van der Waals surface area contributed by atoms with Crippen molar-refractivity contribution < 1.29 is 0 Å². The van der Waals surface area contributed by atoms with E-state index in [9.17, 15) is 0 Å². The van der Waals surface area contributed by atoms with Crippen LogP contribution in [0.3, 0.4) is 0 Å². The molecule has 0 aliphatic heterocycles. The Kier molecular flexibility index (Phi) is 5.41. The van der Waals surface area contributed by atoms with E-state index in [2.05, 4.69) is 55.4 Å². The molecule has 2 rings (SSSR count). The van der Waals surface area contributed by atoms with Gasteiger partial charge in [-0.15, -0.1) is 0 Å². The van der Waals surface area contributed by atoms with Gasteiger partial charge in [-0.1, -0.05) is 43.2 Å². The van der Waals surface area contributed by atoms with Crippen LogP contribution < -0.4 is 5.32 Å². The van der Waals surface area contributed by atoms with Gasteiger partial charge < -0.3 is 10.2 Å². The fraction of sp³-hybridized carbons (Fsp3) is 0.647. The Morgan fingerprint density at radius 1 is 1.37 bits per heavy atom. The van der Waals surface area contributed by atoms with Crippen molar-refractivity contribution in [3.63, 3.8) is 0 Å². The van der Waals surface area contributed by atoms with E-state index in [0.717, 1.165) is 19.1 Å². The monoisotopic (exact) mass is 260 g/mol. The van der Waals surface area contributed by atoms with Gasteiger partial charge in [0.25, 0.3) is 0 Å². The molecule has 1 aromatic rings. The van der Waals surface area contributed by atoms with Crippen molar-refractivity contribution in [1.29, 1.82) is 0 Å². The second kappa shape index (κ2) is 7.06. The van der Waals surface area contributed by atoms with E-state index < -0.39 is 0 Å². The van der Waals surface area contributed by atoms with Crippen LogP contribution in [0.1, 0.15) is 49.8 Å². The molecule has 1 atom stereocenters. The van der Waals surface area contributed by atoms with Crippen LogP contribution in [0.5, 0.6) is 0 Å². The van der Waals surface area contributed by atoms with Crippen LogP contribution in [-0.2, 0) is 0 Å². The first-order valence-electron chi connectivity index (χ1n) is 7.71. The summed E-state index contributed by atoms with van der Waals surface area (Å²) in [7, 11) is 2.28. The molecule has 1 aliphatic rings. The second-order valence-corrected chi connectivity index (χ2v) is 5.95. The van der Waals surface area contributed by atoms with Crippen LogP contribution >= 0.6 is 0 Å². The molecule has 106 valence electrons. The average molecular weight is 260 g/mol. The third kappa shape index (κ3) is 4.05. The summed E-state index contributed by atoms with van der Waals surface area (Å²) in [6.07, 6.45) is 5.36. The number of aryl methyl sites for hydroxylation is 1. The highest BCUT2D eigenvalue weighted by Gasteiger charge is 2.24. The number of nitrogens with one attached hydrogen (secondary N) is 1. The molecule has 1 N–H and O–H groups in total. The molecule has 0 radical (unpaired) electrons. The van der Waals surface area contributed by atoms with E-state index in [0.29, 0.717) is 6.04 Å². The molecule has 1 saturated carbocycles. The zero-order valence-corrected chi connectivity index (χ0v) is 12.7. The maximum Gasteiger partial charge on any atom is 0.0449 e. The fourth-order valence-electron chi connectivity index (χ4n) is 2.76. The highest BCUT2D eigenvalue weighted by Crippen LogP contribution is 2.25. The second-order valence-electron chi connectivity index (χ2n) is 5.95. The largest absolute Gasteiger partial charge is 0.309 e. The lowest BCUT2D eigenvalue weighted by Crippen LogP contribution is -2.42. The Morgan fingerprint density at radius 3 is 2.74 bits per heavy atom. The number of rotatable bonds is 7. The lowest BCUT2D eigenvalue weighted by Gasteiger charge is -2.37.